The summed E-state index contributed by atoms with van der Waals surface area (Å²) in [6, 6.07) is 4.87. The summed E-state index contributed by atoms with van der Waals surface area (Å²) < 4.78 is 11.0. The molecular formula is C11H15BrNO3+. The van der Waals surface area contributed by atoms with E-state index in [4.69, 9.17) is 9.47 Å². The standard InChI is InChI=1S/C11H14BrNO3/c1-3-16-11(14)10(13)8-6-7(12)4-5-9(8)15-2/h4-6,10H,3,13H2,1-2H3/p+1/t10-/m0/s1. The molecule has 0 aliphatic carbocycles. The number of hydrogen-bond acceptors (Lipinski definition) is 3. The third-order valence-corrected chi connectivity index (χ3v) is 2.63. The predicted octanol–water partition coefficient (Wildman–Crippen LogP) is 1.30. The summed E-state index contributed by atoms with van der Waals surface area (Å²) in [5.74, 6) is 0.287. The molecule has 0 amide bonds. The van der Waals surface area contributed by atoms with Crippen molar-refractivity contribution >= 4 is 21.9 Å². The third kappa shape index (κ3) is 2.96. The molecule has 1 rings (SSSR count). The van der Waals surface area contributed by atoms with Gasteiger partial charge in [0.05, 0.1) is 19.3 Å². The Morgan fingerprint density at radius 1 is 1.56 bits per heavy atom. The molecule has 0 aliphatic heterocycles. The van der Waals surface area contributed by atoms with E-state index < -0.39 is 6.04 Å². The Hall–Kier alpha value is -1.07. The maximum absolute atomic E-state index is 11.6. The highest BCUT2D eigenvalue weighted by molar-refractivity contribution is 9.10. The van der Waals surface area contributed by atoms with E-state index >= 15 is 0 Å². The Morgan fingerprint density at radius 2 is 2.25 bits per heavy atom. The van der Waals surface area contributed by atoms with Crippen molar-refractivity contribution in [2.24, 2.45) is 0 Å². The van der Waals surface area contributed by atoms with Crippen LogP contribution in [0.25, 0.3) is 0 Å². The van der Waals surface area contributed by atoms with Gasteiger partial charge in [0.1, 0.15) is 5.75 Å². The van der Waals surface area contributed by atoms with Crippen LogP contribution in [0, 0.1) is 0 Å². The average Bonchev–Trinajstić information content (AvgIpc) is 2.28. The smallest absolute Gasteiger partial charge is 0.369 e. The molecule has 0 unspecified atom stereocenters. The second-order valence-electron chi connectivity index (χ2n) is 3.19. The molecule has 1 aromatic rings. The van der Waals surface area contributed by atoms with Crippen LogP contribution in [0.4, 0.5) is 0 Å². The van der Waals surface area contributed by atoms with Crippen LogP contribution >= 0.6 is 15.9 Å². The Morgan fingerprint density at radius 3 is 2.81 bits per heavy atom. The van der Waals surface area contributed by atoms with E-state index in [-0.39, 0.29) is 5.97 Å². The van der Waals surface area contributed by atoms with Crippen LogP contribution in [0.5, 0.6) is 5.75 Å². The Kier molecular flexibility index (Phi) is 4.76. The lowest BCUT2D eigenvalue weighted by atomic mass is 10.1. The zero-order valence-electron chi connectivity index (χ0n) is 9.33. The highest BCUT2D eigenvalue weighted by Gasteiger charge is 2.24. The third-order valence-electron chi connectivity index (χ3n) is 2.14. The molecule has 0 heterocycles. The van der Waals surface area contributed by atoms with Gasteiger partial charge in [0.25, 0.3) is 0 Å². The van der Waals surface area contributed by atoms with Gasteiger partial charge in [-0.3, -0.25) is 0 Å². The molecule has 0 fully saturated rings. The van der Waals surface area contributed by atoms with Crippen LogP contribution < -0.4 is 10.5 Å². The largest absolute Gasteiger partial charge is 0.496 e. The first-order valence-electron chi connectivity index (χ1n) is 4.93. The molecule has 4 nitrogen and oxygen atoms in total. The van der Waals surface area contributed by atoms with E-state index in [9.17, 15) is 4.79 Å². The number of hydrogen-bond donors (Lipinski definition) is 1. The number of ether oxygens (including phenoxy) is 2. The number of rotatable bonds is 4. The second-order valence-corrected chi connectivity index (χ2v) is 4.11. The van der Waals surface area contributed by atoms with Crippen LogP contribution in [0.3, 0.4) is 0 Å². The molecule has 0 spiro atoms. The molecular weight excluding hydrogens is 274 g/mol. The van der Waals surface area contributed by atoms with Crippen molar-refractivity contribution in [1.82, 2.24) is 0 Å². The first-order chi connectivity index (χ1) is 7.60. The lowest BCUT2D eigenvalue weighted by Gasteiger charge is -2.12. The summed E-state index contributed by atoms with van der Waals surface area (Å²) in [6.45, 7) is 2.12. The Bertz CT molecular complexity index is 381. The fraction of sp³-hybridized carbons (Fsp3) is 0.364. The van der Waals surface area contributed by atoms with Crippen molar-refractivity contribution in [3.8, 4) is 5.75 Å². The number of carbonyl (C=O) groups excluding carboxylic acids is 1. The normalized spacial score (nSPS) is 12.0. The van der Waals surface area contributed by atoms with E-state index in [0.29, 0.717) is 12.4 Å². The van der Waals surface area contributed by atoms with Crippen molar-refractivity contribution in [3.05, 3.63) is 28.2 Å². The van der Waals surface area contributed by atoms with Crippen LogP contribution in [0.15, 0.2) is 22.7 Å². The summed E-state index contributed by atoms with van der Waals surface area (Å²) in [5, 5.41) is 0. The predicted molar refractivity (Wildman–Crippen MR) is 63.0 cm³/mol. The lowest BCUT2D eigenvalue weighted by molar-refractivity contribution is -0.414. The zero-order valence-corrected chi connectivity index (χ0v) is 10.9. The van der Waals surface area contributed by atoms with Gasteiger partial charge in [0.15, 0.2) is 0 Å². The number of quaternary nitrogens is 1. The molecule has 5 heteroatoms. The van der Waals surface area contributed by atoms with Gasteiger partial charge in [-0.05, 0) is 25.1 Å². The molecule has 0 bridgehead atoms. The van der Waals surface area contributed by atoms with Crippen molar-refractivity contribution in [2.75, 3.05) is 13.7 Å². The van der Waals surface area contributed by atoms with Crippen molar-refractivity contribution < 1.29 is 20.0 Å². The number of benzene rings is 1. The summed E-state index contributed by atoms with van der Waals surface area (Å²) in [7, 11) is 1.56. The Labute approximate surface area is 103 Å². The molecule has 0 aliphatic rings. The summed E-state index contributed by atoms with van der Waals surface area (Å²) in [4.78, 5) is 11.6. The molecule has 16 heavy (non-hydrogen) atoms. The maximum atomic E-state index is 11.6. The lowest BCUT2D eigenvalue weighted by Crippen LogP contribution is -2.57. The molecule has 1 aromatic carbocycles. The fourth-order valence-electron chi connectivity index (χ4n) is 1.35. The van der Waals surface area contributed by atoms with Crippen LogP contribution in [0.2, 0.25) is 0 Å². The minimum atomic E-state index is -0.576. The molecule has 88 valence electrons. The van der Waals surface area contributed by atoms with Gasteiger partial charge in [0, 0.05) is 4.47 Å². The van der Waals surface area contributed by atoms with E-state index in [1.165, 1.54) is 0 Å². The molecule has 0 radical (unpaired) electrons. The summed E-state index contributed by atoms with van der Waals surface area (Å²) >= 11 is 3.35. The van der Waals surface area contributed by atoms with Gasteiger partial charge < -0.3 is 15.2 Å². The number of methoxy groups -OCH3 is 1. The van der Waals surface area contributed by atoms with E-state index in [1.54, 1.807) is 20.1 Å². The van der Waals surface area contributed by atoms with E-state index in [2.05, 4.69) is 21.7 Å². The first-order valence-corrected chi connectivity index (χ1v) is 5.72. The van der Waals surface area contributed by atoms with Crippen LogP contribution in [0.1, 0.15) is 18.5 Å². The van der Waals surface area contributed by atoms with Gasteiger partial charge in [0.2, 0.25) is 6.04 Å². The SMILES string of the molecule is CCOC(=O)[C@@H]([NH3+])c1cc(Br)ccc1OC. The summed E-state index contributed by atoms with van der Waals surface area (Å²) in [5.41, 5.74) is 4.52. The van der Waals surface area contributed by atoms with Gasteiger partial charge in [-0.2, -0.15) is 0 Å². The van der Waals surface area contributed by atoms with Gasteiger partial charge in [-0.1, -0.05) is 15.9 Å². The topological polar surface area (TPSA) is 63.2 Å². The van der Waals surface area contributed by atoms with Gasteiger partial charge >= 0.3 is 5.97 Å². The van der Waals surface area contributed by atoms with Crippen molar-refractivity contribution in [3.63, 3.8) is 0 Å². The van der Waals surface area contributed by atoms with E-state index in [0.717, 1.165) is 10.0 Å². The molecule has 1 atom stereocenters. The van der Waals surface area contributed by atoms with Crippen LogP contribution in [-0.4, -0.2) is 19.7 Å². The fourth-order valence-corrected chi connectivity index (χ4v) is 1.73. The highest BCUT2D eigenvalue weighted by atomic mass is 79.9. The van der Waals surface area contributed by atoms with Gasteiger partial charge in [-0.15, -0.1) is 0 Å². The second kappa shape index (κ2) is 5.86. The van der Waals surface area contributed by atoms with Crippen LogP contribution in [-0.2, 0) is 9.53 Å². The number of esters is 1. The first kappa shape index (κ1) is 13.0. The average molecular weight is 289 g/mol. The molecule has 3 N–H and O–H groups in total. The Balaban J connectivity index is 3.01. The molecule has 0 saturated carbocycles. The quantitative estimate of drug-likeness (QED) is 0.850. The van der Waals surface area contributed by atoms with E-state index in [1.807, 2.05) is 12.1 Å². The number of carbonyl (C=O) groups is 1. The minimum Gasteiger partial charge on any atom is -0.496 e. The number of halogens is 1. The zero-order chi connectivity index (χ0) is 12.1. The molecule has 0 aromatic heterocycles. The highest BCUT2D eigenvalue weighted by Crippen LogP contribution is 2.27. The van der Waals surface area contributed by atoms with Crippen molar-refractivity contribution in [2.45, 2.75) is 13.0 Å². The monoisotopic (exact) mass is 288 g/mol. The summed E-state index contributed by atoms with van der Waals surface area (Å²) in [6.07, 6.45) is 0. The minimum absolute atomic E-state index is 0.348. The van der Waals surface area contributed by atoms with Crippen molar-refractivity contribution in [1.29, 1.82) is 0 Å². The maximum Gasteiger partial charge on any atom is 0.369 e. The molecule has 0 saturated heterocycles. The van der Waals surface area contributed by atoms with Gasteiger partial charge in [-0.25, -0.2) is 4.79 Å².